The van der Waals surface area contributed by atoms with E-state index in [9.17, 15) is 4.79 Å². The minimum Gasteiger partial charge on any atom is -0.478 e. The molecule has 0 aliphatic heterocycles. The van der Waals surface area contributed by atoms with Gasteiger partial charge in [-0.2, -0.15) is 0 Å². The second kappa shape index (κ2) is 5.96. The number of carboxylic acid groups (broad SMARTS) is 1. The van der Waals surface area contributed by atoms with Crippen molar-refractivity contribution in [2.45, 2.75) is 30.8 Å². The number of rotatable bonds is 5. The second-order valence-corrected chi connectivity index (χ2v) is 5.50. The number of aromatic nitrogens is 3. The zero-order valence-corrected chi connectivity index (χ0v) is 12.1. The third-order valence-electron chi connectivity index (χ3n) is 2.81. The highest BCUT2D eigenvalue weighted by atomic mass is 32.2. The van der Waals surface area contributed by atoms with Crippen molar-refractivity contribution in [3.8, 4) is 0 Å². The van der Waals surface area contributed by atoms with E-state index < -0.39 is 5.97 Å². The molecule has 1 heterocycles. The van der Waals surface area contributed by atoms with Crippen LogP contribution in [0.25, 0.3) is 0 Å². The molecule has 106 valence electrons. The van der Waals surface area contributed by atoms with E-state index >= 15 is 0 Å². The van der Waals surface area contributed by atoms with Gasteiger partial charge >= 0.3 is 5.97 Å². The first-order valence-electron chi connectivity index (χ1n) is 6.15. The van der Waals surface area contributed by atoms with Gasteiger partial charge in [0.2, 0.25) is 5.95 Å². The number of benzene rings is 1. The first kappa shape index (κ1) is 14.4. The Labute approximate surface area is 121 Å². The standard InChI is InChI=1S/C13H16N4O2S/c1-8(2)17-12(14)15-16-13(17)20-7-9-5-3-4-6-10(9)11(18)19/h3-6,8H,7H2,1-2H3,(H2,14,15)(H,18,19). The first-order valence-corrected chi connectivity index (χ1v) is 7.13. The van der Waals surface area contributed by atoms with E-state index in [2.05, 4.69) is 10.2 Å². The molecule has 2 rings (SSSR count). The number of carboxylic acids is 1. The third-order valence-corrected chi connectivity index (χ3v) is 3.80. The summed E-state index contributed by atoms with van der Waals surface area (Å²) in [5, 5.41) is 17.7. The lowest BCUT2D eigenvalue weighted by atomic mass is 10.1. The Morgan fingerprint density at radius 3 is 2.75 bits per heavy atom. The van der Waals surface area contributed by atoms with Gasteiger partial charge in [0.25, 0.3) is 0 Å². The van der Waals surface area contributed by atoms with Crippen molar-refractivity contribution in [3.05, 3.63) is 35.4 Å². The Morgan fingerprint density at radius 2 is 2.10 bits per heavy atom. The smallest absolute Gasteiger partial charge is 0.335 e. The molecule has 0 spiro atoms. The quantitative estimate of drug-likeness (QED) is 0.822. The average molecular weight is 292 g/mol. The number of nitrogens with two attached hydrogens (primary N) is 1. The van der Waals surface area contributed by atoms with Crippen molar-refractivity contribution in [2.24, 2.45) is 0 Å². The average Bonchev–Trinajstić information content (AvgIpc) is 2.77. The summed E-state index contributed by atoms with van der Waals surface area (Å²) in [6, 6.07) is 7.09. The Balaban J connectivity index is 2.20. The minimum atomic E-state index is -0.925. The van der Waals surface area contributed by atoms with Crippen LogP contribution >= 0.6 is 11.8 Å². The summed E-state index contributed by atoms with van der Waals surface area (Å²) in [5.74, 6) is -0.0482. The molecule has 0 bridgehead atoms. The van der Waals surface area contributed by atoms with Gasteiger partial charge in [-0.15, -0.1) is 10.2 Å². The molecule has 0 aliphatic rings. The third kappa shape index (κ3) is 2.93. The van der Waals surface area contributed by atoms with Crippen molar-refractivity contribution < 1.29 is 9.90 Å². The van der Waals surface area contributed by atoms with Gasteiger partial charge in [-0.25, -0.2) is 4.79 Å². The molecule has 6 nitrogen and oxygen atoms in total. The Hall–Kier alpha value is -2.02. The van der Waals surface area contributed by atoms with Crippen molar-refractivity contribution >= 4 is 23.7 Å². The van der Waals surface area contributed by atoms with Crippen LogP contribution in [0.3, 0.4) is 0 Å². The lowest BCUT2D eigenvalue weighted by Crippen LogP contribution is -2.07. The van der Waals surface area contributed by atoms with Crippen LogP contribution in [0.4, 0.5) is 5.95 Å². The summed E-state index contributed by atoms with van der Waals surface area (Å²) >= 11 is 1.43. The number of nitrogen functional groups attached to an aromatic ring is 1. The predicted molar refractivity (Wildman–Crippen MR) is 77.8 cm³/mol. The van der Waals surface area contributed by atoms with Crippen molar-refractivity contribution in [3.63, 3.8) is 0 Å². The molecule has 0 amide bonds. The summed E-state index contributed by atoms with van der Waals surface area (Å²) < 4.78 is 1.83. The summed E-state index contributed by atoms with van der Waals surface area (Å²) in [6.45, 7) is 3.99. The highest BCUT2D eigenvalue weighted by Crippen LogP contribution is 2.26. The molecule has 0 saturated carbocycles. The van der Waals surface area contributed by atoms with Gasteiger partial charge in [0, 0.05) is 11.8 Å². The van der Waals surface area contributed by atoms with Crippen LogP contribution in [0, 0.1) is 0 Å². The zero-order chi connectivity index (χ0) is 14.7. The molecule has 0 aliphatic carbocycles. The fourth-order valence-corrected chi connectivity index (χ4v) is 2.95. The van der Waals surface area contributed by atoms with E-state index in [0.29, 0.717) is 22.4 Å². The topological polar surface area (TPSA) is 94.0 Å². The zero-order valence-electron chi connectivity index (χ0n) is 11.3. The van der Waals surface area contributed by atoms with Crippen LogP contribution in [-0.4, -0.2) is 25.8 Å². The summed E-state index contributed by atoms with van der Waals surface area (Å²) in [6.07, 6.45) is 0. The fourth-order valence-electron chi connectivity index (χ4n) is 1.87. The van der Waals surface area contributed by atoms with Gasteiger partial charge in [-0.1, -0.05) is 30.0 Å². The molecular formula is C13H16N4O2S. The molecule has 2 aromatic rings. The van der Waals surface area contributed by atoms with Gasteiger partial charge in [0.05, 0.1) is 5.56 Å². The number of aromatic carboxylic acids is 1. The van der Waals surface area contributed by atoms with Gasteiger partial charge in [-0.05, 0) is 25.5 Å². The van der Waals surface area contributed by atoms with Crippen LogP contribution in [0.15, 0.2) is 29.4 Å². The highest BCUT2D eigenvalue weighted by Gasteiger charge is 2.15. The maximum Gasteiger partial charge on any atom is 0.335 e. The van der Waals surface area contributed by atoms with Crippen molar-refractivity contribution in [2.75, 3.05) is 5.73 Å². The molecule has 1 aromatic heterocycles. The molecular weight excluding hydrogens is 276 g/mol. The maximum atomic E-state index is 11.1. The van der Waals surface area contributed by atoms with Crippen LogP contribution in [0.5, 0.6) is 0 Å². The van der Waals surface area contributed by atoms with Gasteiger partial charge in [0.1, 0.15) is 0 Å². The number of nitrogens with zero attached hydrogens (tertiary/aromatic N) is 3. The molecule has 1 aromatic carbocycles. The Morgan fingerprint density at radius 1 is 1.40 bits per heavy atom. The lowest BCUT2D eigenvalue weighted by molar-refractivity contribution is 0.0696. The summed E-state index contributed by atoms with van der Waals surface area (Å²) in [5.41, 5.74) is 6.83. The van der Waals surface area contributed by atoms with E-state index in [0.717, 1.165) is 5.56 Å². The van der Waals surface area contributed by atoms with Crippen molar-refractivity contribution in [1.29, 1.82) is 0 Å². The first-order chi connectivity index (χ1) is 9.50. The van der Waals surface area contributed by atoms with Gasteiger partial charge in [0.15, 0.2) is 5.16 Å². The van der Waals surface area contributed by atoms with E-state index in [1.165, 1.54) is 11.8 Å². The van der Waals surface area contributed by atoms with Gasteiger partial charge < -0.3 is 10.8 Å². The number of carbonyl (C=O) groups is 1. The number of anilines is 1. The molecule has 0 fully saturated rings. The summed E-state index contributed by atoms with van der Waals surface area (Å²) in [7, 11) is 0. The van der Waals surface area contributed by atoms with E-state index in [-0.39, 0.29) is 6.04 Å². The number of hydrogen-bond acceptors (Lipinski definition) is 5. The largest absolute Gasteiger partial charge is 0.478 e. The predicted octanol–water partition coefficient (Wildman–Crippen LogP) is 2.43. The molecule has 0 radical (unpaired) electrons. The van der Waals surface area contributed by atoms with Crippen molar-refractivity contribution in [1.82, 2.24) is 14.8 Å². The van der Waals surface area contributed by atoms with E-state index in [1.807, 2.05) is 24.5 Å². The molecule has 0 unspecified atom stereocenters. The highest BCUT2D eigenvalue weighted by molar-refractivity contribution is 7.98. The van der Waals surface area contributed by atoms with Crippen LogP contribution in [-0.2, 0) is 5.75 Å². The van der Waals surface area contributed by atoms with E-state index in [1.54, 1.807) is 18.2 Å². The second-order valence-electron chi connectivity index (χ2n) is 4.56. The molecule has 0 saturated heterocycles. The monoisotopic (exact) mass is 292 g/mol. The molecule has 20 heavy (non-hydrogen) atoms. The Kier molecular flexibility index (Phi) is 4.29. The number of thioether (sulfide) groups is 1. The van der Waals surface area contributed by atoms with Crippen LogP contribution in [0.1, 0.15) is 35.8 Å². The molecule has 3 N–H and O–H groups in total. The number of hydrogen-bond donors (Lipinski definition) is 2. The minimum absolute atomic E-state index is 0.155. The molecule has 7 heteroatoms. The van der Waals surface area contributed by atoms with Crippen LogP contribution < -0.4 is 5.73 Å². The maximum absolute atomic E-state index is 11.1. The van der Waals surface area contributed by atoms with Crippen LogP contribution in [0.2, 0.25) is 0 Å². The lowest BCUT2D eigenvalue weighted by Gasteiger charge is -2.11. The van der Waals surface area contributed by atoms with Gasteiger partial charge in [-0.3, -0.25) is 4.57 Å². The van der Waals surface area contributed by atoms with E-state index in [4.69, 9.17) is 10.8 Å². The Bertz CT molecular complexity index is 625. The SMILES string of the molecule is CC(C)n1c(N)nnc1SCc1ccccc1C(=O)O. The fraction of sp³-hybridized carbons (Fsp3) is 0.308. The summed E-state index contributed by atoms with van der Waals surface area (Å²) in [4.78, 5) is 11.1. The normalized spacial score (nSPS) is 10.9. The molecule has 0 atom stereocenters.